The van der Waals surface area contributed by atoms with E-state index in [1.807, 2.05) is 12.1 Å². The largest absolute Gasteiger partial charge is 0.493 e. The van der Waals surface area contributed by atoms with Gasteiger partial charge in [0.25, 0.3) is 0 Å². The Hall–Kier alpha value is -0.970. The highest BCUT2D eigenvalue weighted by Crippen LogP contribution is 2.36. The molecule has 0 aromatic heterocycles. The lowest BCUT2D eigenvalue weighted by molar-refractivity contribution is 0.127. The van der Waals surface area contributed by atoms with E-state index in [-0.39, 0.29) is 0 Å². The molecule has 1 saturated heterocycles. The average Bonchev–Trinajstić information content (AvgIpc) is 2.47. The molecule has 0 saturated carbocycles. The molecule has 0 bridgehead atoms. The van der Waals surface area contributed by atoms with Crippen LogP contribution in [-0.4, -0.2) is 43.9 Å². The molecule has 1 N–H and O–H groups in total. The highest BCUT2D eigenvalue weighted by Gasteiger charge is 2.19. The van der Waals surface area contributed by atoms with Gasteiger partial charge in [-0.1, -0.05) is 11.6 Å². The summed E-state index contributed by atoms with van der Waals surface area (Å²) in [6, 6.07) is 3.91. The third-order valence-corrected chi connectivity index (χ3v) is 4.15. The molecular weight excluding hydrogens is 278 g/mol. The van der Waals surface area contributed by atoms with Crippen molar-refractivity contribution in [2.75, 3.05) is 33.9 Å². The van der Waals surface area contributed by atoms with Gasteiger partial charge in [0.2, 0.25) is 0 Å². The van der Waals surface area contributed by atoms with E-state index in [4.69, 9.17) is 26.2 Å². The first kappa shape index (κ1) is 15.4. The van der Waals surface area contributed by atoms with Gasteiger partial charge in [0.05, 0.1) is 19.2 Å². The Morgan fingerprint density at radius 1 is 1.25 bits per heavy atom. The number of methoxy groups -OCH3 is 2. The van der Waals surface area contributed by atoms with Crippen LogP contribution in [0.2, 0.25) is 5.02 Å². The van der Waals surface area contributed by atoms with E-state index in [2.05, 4.69) is 4.90 Å². The lowest BCUT2D eigenvalue weighted by Gasteiger charge is -2.31. The van der Waals surface area contributed by atoms with Gasteiger partial charge in [0.15, 0.2) is 11.5 Å². The van der Waals surface area contributed by atoms with Gasteiger partial charge >= 0.3 is 0 Å². The van der Waals surface area contributed by atoms with E-state index in [9.17, 15) is 0 Å². The van der Waals surface area contributed by atoms with Gasteiger partial charge in [-0.2, -0.15) is 0 Å². The molecule has 1 aromatic carbocycles. The van der Waals surface area contributed by atoms with Gasteiger partial charge in [-0.3, -0.25) is 4.90 Å². The van der Waals surface area contributed by atoms with Crippen molar-refractivity contribution < 1.29 is 14.6 Å². The van der Waals surface area contributed by atoms with Crippen LogP contribution < -0.4 is 9.47 Å². The Labute approximate surface area is 125 Å². The maximum absolute atomic E-state index is 9.16. The predicted molar refractivity (Wildman–Crippen MR) is 79.6 cm³/mol. The minimum absolute atomic E-state index is 0.302. The number of aliphatic hydroxyl groups is 1. The van der Waals surface area contributed by atoms with Crippen LogP contribution in [0.1, 0.15) is 18.4 Å². The minimum atomic E-state index is 0.302. The molecule has 1 aliphatic heterocycles. The van der Waals surface area contributed by atoms with Crippen molar-refractivity contribution >= 4 is 11.6 Å². The fourth-order valence-electron chi connectivity index (χ4n) is 2.65. The number of halogens is 1. The molecule has 1 fully saturated rings. The second-order valence-electron chi connectivity index (χ2n) is 5.22. The smallest absolute Gasteiger partial charge is 0.179 e. The third kappa shape index (κ3) is 3.57. The van der Waals surface area contributed by atoms with Gasteiger partial charge in [-0.05, 0) is 49.5 Å². The van der Waals surface area contributed by atoms with E-state index >= 15 is 0 Å². The SMILES string of the molecule is COc1cc(CN2CCC(CO)CC2)cc(Cl)c1OC. The predicted octanol–water partition coefficient (Wildman–Crippen LogP) is 2.56. The molecule has 1 aliphatic rings. The maximum Gasteiger partial charge on any atom is 0.179 e. The van der Waals surface area contributed by atoms with Crippen molar-refractivity contribution in [3.8, 4) is 11.5 Å². The summed E-state index contributed by atoms with van der Waals surface area (Å²) >= 11 is 6.22. The number of hydrogen-bond acceptors (Lipinski definition) is 4. The van der Waals surface area contributed by atoms with Crippen LogP contribution in [0.4, 0.5) is 0 Å². The van der Waals surface area contributed by atoms with Crippen molar-refractivity contribution in [3.63, 3.8) is 0 Å². The normalized spacial score (nSPS) is 17.2. The topological polar surface area (TPSA) is 41.9 Å². The van der Waals surface area contributed by atoms with E-state index in [0.717, 1.165) is 38.0 Å². The van der Waals surface area contributed by atoms with E-state index < -0.39 is 0 Å². The van der Waals surface area contributed by atoms with Crippen molar-refractivity contribution in [2.45, 2.75) is 19.4 Å². The van der Waals surface area contributed by atoms with E-state index in [1.54, 1.807) is 14.2 Å². The summed E-state index contributed by atoms with van der Waals surface area (Å²) in [4.78, 5) is 2.38. The molecule has 4 nitrogen and oxygen atoms in total. The Bertz CT molecular complexity index is 445. The first-order valence-electron chi connectivity index (χ1n) is 6.91. The van der Waals surface area contributed by atoms with Crippen LogP contribution in [0.15, 0.2) is 12.1 Å². The Kier molecular flexibility index (Phi) is 5.52. The maximum atomic E-state index is 9.16. The number of nitrogens with zero attached hydrogens (tertiary/aromatic N) is 1. The molecule has 1 heterocycles. The second-order valence-corrected chi connectivity index (χ2v) is 5.62. The average molecular weight is 300 g/mol. The van der Waals surface area contributed by atoms with Crippen molar-refractivity contribution in [1.29, 1.82) is 0 Å². The molecule has 2 rings (SSSR count). The van der Waals surface area contributed by atoms with Crippen LogP contribution in [0.25, 0.3) is 0 Å². The van der Waals surface area contributed by atoms with Crippen molar-refractivity contribution in [2.24, 2.45) is 5.92 Å². The zero-order valence-corrected chi connectivity index (χ0v) is 12.8. The molecule has 0 aliphatic carbocycles. The Morgan fingerprint density at radius 2 is 1.95 bits per heavy atom. The van der Waals surface area contributed by atoms with Gasteiger partial charge in [-0.15, -0.1) is 0 Å². The molecule has 0 unspecified atom stereocenters. The molecule has 112 valence electrons. The minimum Gasteiger partial charge on any atom is -0.493 e. The van der Waals surface area contributed by atoms with Crippen LogP contribution >= 0.6 is 11.6 Å². The van der Waals surface area contributed by atoms with Crippen LogP contribution in [0.5, 0.6) is 11.5 Å². The van der Waals surface area contributed by atoms with Crippen molar-refractivity contribution in [3.05, 3.63) is 22.7 Å². The molecule has 5 heteroatoms. The molecule has 1 aromatic rings. The van der Waals surface area contributed by atoms with Gasteiger partial charge < -0.3 is 14.6 Å². The number of ether oxygens (including phenoxy) is 2. The Balaban J connectivity index is 2.05. The summed E-state index contributed by atoms with van der Waals surface area (Å²) in [6.07, 6.45) is 2.11. The van der Waals surface area contributed by atoms with Crippen molar-refractivity contribution in [1.82, 2.24) is 4.90 Å². The first-order valence-corrected chi connectivity index (χ1v) is 7.29. The second kappa shape index (κ2) is 7.16. The number of likely N-dealkylation sites (tertiary alicyclic amines) is 1. The lowest BCUT2D eigenvalue weighted by atomic mass is 9.97. The Morgan fingerprint density at radius 3 is 2.50 bits per heavy atom. The summed E-state index contributed by atoms with van der Waals surface area (Å²) in [5.41, 5.74) is 1.12. The number of benzene rings is 1. The molecule has 20 heavy (non-hydrogen) atoms. The quantitative estimate of drug-likeness (QED) is 0.907. The number of hydrogen-bond donors (Lipinski definition) is 1. The molecule has 0 radical (unpaired) electrons. The summed E-state index contributed by atoms with van der Waals surface area (Å²) in [7, 11) is 3.20. The highest BCUT2D eigenvalue weighted by atomic mass is 35.5. The van der Waals surface area contributed by atoms with Gasteiger partial charge in [0.1, 0.15) is 0 Å². The van der Waals surface area contributed by atoms with Gasteiger partial charge in [-0.25, -0.2) is 0 Å². The van der Waals surface area contributed by atoms with E-state index in [0.29, 0.717) is 29.0 Å². The first-order chi connectivity index (χ1) is 9.67. The molecular formula is C15H22ClNO3. The standard InChI is InChI=1S/C15H22ClNO3/c1-19-14-8-12(7-13(16)15(14)20-2)9-17-5-3-11(10-18)4-6-17/h7-8,11,18H,3-6,9-10H2,1-2H3. The molecule has 0 spiro atoms. The zero-order chi connectivity index (χ0) is 14.5. The van der Waals surface area contributed by atoms with E-state index in [1.165, 1.54) is 0 Å². The van der Waals surface area contributed by atoms with Crippen LogP contribution in [0, 0.1) is 5.92 Å². The number of rotatable bonds is 5. The summed E-state index contributed by atoms with van der Waals surface area (Å²) < 4.78 is 10.6. The summed E-state index contributed by atoms with van der Waals surface area (Å²) in [6.45, 7) is 3.17. The summed E-state index contributed by atoms with van der Waals surface area (Å²) in [5.74, 6) is 1.71. The zero-order valence-electron chi connectivity index (χ0n) is 12.1. The van der Waals surface area contributed by atoms with Gasteiger partial charge in [0, 0.05) is 13.2 Å². The monoisotopic (exact) mass is 299 g/mol. The molecule has 0 atom stereocenters. The fourth-order valence-corrected chi connectivity index (χ4v) is 2.96. The summed E-state index contributed by atoms with van der Waals surface area (Å²) in [5, 5.41) is 9.74. The van der Waals surface area contributed by atoms with Crippen LogP contribution in [-0.2, 0) is 6.54 Å². The highest BCUT2D eigenvalue weighted by molar-refractivity contribution is 6.32. The number of aliphatic hydroxyl groups excluding tert-OH is 1. The lowest BCUT2D eigenvalue weighted by Crippen LogP contribution is -2.34. The number of piperidine rings is 1. The fraction of sp³-hybridized carbons (Fsp3) is 0.600. The third-order valence-electron chi connectivity index (χ3n) is 3.86. The molecule has 0 amide bonds. The van der Waals surface area contributed by atoms with Crippen LogP contribution in [0.3, 0.4) is 0 Å².